The summed E-state index contributed by atoms with van der Waals surface area (Å²) >= 11 is 7.63. The summed E-state index contributed by atoms with van der Waals surface area (Å²) in [5.41, 5.74) is 0. The van der Waals surface area contributed by atoms with Crippen LogP contribution in [0, 0.1) is 0 Å². The minimum atomic E-state index is -0.151. The molecule has 3 nitrogen and oxygen atoms in total. The van der Waals surface area contributed by atoms with Crippen molar-refractivity contribution in [2.24, 2.45) is 0 Å². The molecule has 0 radical (unpaired) electrons. The summed E-state index contributed by atoms with van der Waals surface area (Å²) in [6.07, 6.45) is 3.29. The lowest BCUT2D eigenvalue weighted by atomic mass is 10.0. The Kier molecular flexibility index (Phi) is 5.22. The van der Waals surface area contributed by atoms with Crippen molar-refractivity contribution in [2.75, 3.05) is 44.4 Å². The van der Waals surface area contributed by atoms with Crippen LogP contribution in [0.2, 0.25) is 0 Å². The maximum absolute atomic E-state index is 12.6. The number of thioether (sulfide) groups is 1. The number of hydrogen-bond acceptors (Lipinski definition) is 3. The zero-order valence-corrected chi connectivity index (χ0v) is 12.7. The summed E-state index contributed by atoms with van der Waals surface area (Å²) in [5.74, 6) is 2.17. The van der Waals surface area contributed by atoms with Gasteiger partial charge in [0.05, 0.1) is 4.75 Å². The topological polar surface area (TPSA) is 23.6 Å². The molecule has 0 N–H and O–H groups in total. The molecule has 2 aliphatic heterocycles. The first kappa shape index (κ1) is 14.5. The van der Waals surface area contributed by atoms with Crippen LogP contribution in [0.15, 0.2) is 0 Å². The van der Waals surface area contributed by atoms with Crippen LogP contribution >= 0.6 is 23.4 Å². The number of rotatable bonds is 3. The maximum atomic E-state index is 12.6. The molecule has 0 spiro atoms. The monoisotopic (exact) mass is 290 g/mol. The van der Waals surface area contributed by atoms with Gasteiger partial charge in [-0.25, -0.2) is 0 Å². The molecule has 1 unspecified atom stereocenters. The van der Waals surface area contributed by atoms with Crippen LogP contribution in [0.3, 0.4) is 0 Å². The number of alkyl halides is 1. The van der Waals surface area contributed by atoms with Gasteiger partial charge in [0.1, 0.15) is 0 Å². The van der Waals surface area contributed by atoms with E-state index in [0.29, 0.717) is 11.8 Å². The highest BCUT2D eigenvalue weighted by molar-refractivity contribution is 8.01. The first-order valence-corrected chi connectivity index (χ1v) is 8.39. The zero-order valence-electron chi connectivity index (χ0n) is 11.2. The van der Waals surface area contributed by atoms with Crippen molar-refractivity contribution >= 4 is 29.3 Å². The predicted octanol–water partition coefficient (Wildman–Crippen LogP) is 2.05. The largest absolute Gasteiger partial charge is 0.340 e. The van der Waals surface area contributed by atoms with E-state index in [0.717, 1.165) is 51.3 Å². The molecule has 2 rings (SSSR count). The number of halogens is 1. The summed E-state index contributed by atoms with van der Waals surface area (Å²) in [7, 11) is 0. The van der Waals surface area contributed by atoms with E-state index in [1.807, 2.05) is 11.8 Å². The van der Waals surface area contributed by atoms with Crippen molar-refractivity contribution in [1.82, 2.24) is 9.80 Å². The van der Waals surface area contributed by atoms with Crippen LogP contribution in [0.25, 0.3) is 0 Å². The van der Waals surface area contributed by atoms with Crippen LogP contribution in [0.5, 0.6) is 0 Å². The lowest BCUT2D eigenvalue weighted by Gasteiger charge is -2.30. The third-order valence-electron chi connectivity index (χ3n) is 3.95. The third-order valence-corrected chi connectivity index (χ3v) is 5.63. The molecule has 0 aromatic rings. The Balaban J connectivity index is 1.91. The molecule has 2 saturated heterocycles. The van der Waals surface area contributed by atoms with Gasteiger partial charge in [-0.1, -0.05) is 0 Å². The van der Waals surface area contributed by atoms with E-state index in [2.05, 4.69) is 16.7 Å². The first-order valence-electron chi connectivity index (χ1n) is 6.87. The number of carbonyl (C=O) groups is 1. The standard InChI is InChI=1S/C13H23ClN2OS/c1-13(4-2-11-18-13)12(17)16-7-3-6-15(8-5-14)9-10-16/h2-11H2,1H3. The van der Waals surface area contributed by atoms with Gasteiger partial charge in [0.15, 0.2) is 0 Å². The van der Waals surface area contributed by atoms with Gasteiger partial charge in [-0.05, 0) is 38.5 Å². The molecule has 0 aromatic carbocycles. The van der Waals surface area contributed by atoms with E-state index in [-0.39, 0.29) is 4.75 Å². The Morgan fingerprint density at radius 1 is 1.28 bits per heavy atom. The van der Waals surface area contributed by atoms with Gasteiger partial charge in [-0.3, -0.25) is 4.79 Å². The molecule has 5 heteroatoms. The minimum absolute atomic E-state index is 0.151. The van der Waals surface area contributed by atoms with E-state index in [4.69, 9.17) is 11.6 Å². The van der Waals surface area contributed by atoms with Crippen molar-refractivity contribution in [2.45, 2.75) is 30.9 Å². The van der Waals surface area contributed by atoms with Gasteiger partial charge in [-0.2, -0.15) is 0 Å². The third kappa shape index (κ3) is 3.34. The summed E-state index contributed by atoms with van der Waals surface area (Å²) in [6.45, 7) is 6.88. The fourth-order valence-corrected chi connectivity index (χ4v) is 4.32. The van der Waals surface area contributed by atoms with Crippen LogP contribution in [0.1, 0.15) is 26.2 Å². The van der Waals surface area contributed by atoms with E-state index >= 15 is 0 Å². The van der Waals surface area contributed by atoms with Crippen molar-refractivity contribution in [3.8, 4) is 0 Å². The second-order valence-electron chi connectivity index (χ2n) is 5.36. The fourth-order valence-electron chi connectivity index (χ4n) is 2.80. The number of nitrogens with zero attached hydrogens (tertiary/aromatic N) is 2. The van der Waals surface area contributed by atoms with E-state index in [1.165, 1.54) is 6.42 Å². The quantitative estimate of drug-likeness (QED) is 0.743. The van der Waals surface area contributed by atoms with Gasteiger partial charge in [0, 0.05) is 32.1 Å². The highest BCUT2D eigenvalue weighted by atomic mass is 35.5. The Hall–Kier alpha value is 0.0700. The highest BCUT2D eigenvalue weighted by Crippen LogP contribution is 2.39. The minimum Gasteiger partial charge on any atom is -0.340 e. The lowest BCUT2D eigenvalue weighted by molar-refractivity contribution is -0.133. The second-order valence-corrected chi connectivity index (χ2v) is 7.34. The molecular weight excluding hydrogens is 268 g/mol. The molecule has 1 amide bonds. The van der Waals surface area contributed by atoms with Crippen LogP contribution < -0.4 is 0 Å². The zero-order chi connectivity index (χ0) is 13.0. The molecule has 0 aromatic heterocycles. The van der Waals surface area contributed by atoms with Crippen LogP contribution in [0.4, 0.5) is 0 Å². The Morgan fingerprint density at radius 3 is 2.78 bits per heavy atom. The summed E-state index contributed by atoms with van der Waals surface area (Å²) in [6, 6.07) is 0. The molecule has 2 heterocycles. The van der Waals surface area contributed by atoms with Gasteiger partial charge < -0.3 is 9.80 Å². The second kappa shape index (κ2) is 6.49. The van der Waals surface area contributed by atoms with Gasteiger partial charge in [0.2, 0.25) is 5.91 Å². The lowest BCUT2D eigenvalue weighted by Crippen LogP contribution is -2.45. The van der Waals surface area contributed by atoms with Gasteiger partial charge in [-0.15, -0.1) is 23.4 Å². The fraction of sp³-hybridized carbons (Fsp3) is 0.923. The van der Waals surface area contributed by atoms with Crippen molar-refractivity contribution in [1.29, 1.82) is 0 Å². The molecule has 2 aliphatic rings. The summed E-state index contributed by atoms with van der Waals surface area (Å²) < 4.78 is -0.151. The van der Waals surface area contributed by atoms with Crippen LogP contribution in [-0.2, 0) is 4.79 Å². The summed E-state index contributed by atoms with van der Waals surface area (Å²) in [4.78, 5) is 17.0. The average Bonchev–Trinajstić information content (AvgIpc) is 2.68. The normalized spacial score (nSPS) is 30.4. The number of hydrogen-bond donors (Lipinski definition) is 0. The number of amides is 1. The molecule has 104 valence electrons. The first-order chi connectivity index (χ1) is 8.65. The SMILES string of the molecule is CC1(C(=O)N2CCCN(CCCl)CC2)CCCS1. The molecule has 0 saturated carbocycles. The van der Waals surface area contributed by atoms with Crippen molar-refractivity contribution in [3.05, 3.63) is 0 Å². The van der Waals surface area contributed by atoms with Gasteiger partial charge >= 0.3 is 0 Å². The smallest absolute Gasteiger partial charge is 0.238 e. The van der Waals surface area contributed by atoms with E-state index < -0.39 is 0 Å². The Morgan fingerprint density at radius 2 is 2.11 bits per heavy atom. The molecular formula is C13H23ClN2OS. The van der Waals surface area contributed by atoms with Crippen molar-refractivity contribution in [3.63, 3.8) is 0 Å². The highest BCUT2D eigenvalue weighted by Gasteiger charge is 2.40. The maximum Gasteiger partial charge on any atom is 0.238 e. The Bertz CT molecular complexity index is 295. The van der Waals surface area contributed by atoms with Gasteiger partial charge in [0.25, 0.3) is 0 Å². The molecule has 0 aliphatic carbocycles. The molecule has 1 atom stereocenters. The predicted molar refractivity (Wildman–Crippen MR) is 78.5 cm³/mol. The molecule has 18 heavy (non-hydrogen) atoms. The van der Waals surface area contributed by atoms with E-state index in [9.17, 15) is 4.79 Å². The summed E-state index contributed by atoms with van der Waals surface area (Å²) in [5, 5.41) is 0. The van der Waals surface area contributed by atoms with Crippen LogP contribution in [-0.4, -0.2) is 64.8 Å². The molecule has 0 bridgehead atoms. The van der Waals surface area contributed by atoms with Crippen molar-refractivity contribution < 1.29 is 4.79 Å². The Labute approximate surface area is 119 Å². The number of carbonyl (C=O) groups excluding carboxylic acids is 1. The van der Waals surface area contributed by atoms with E-state index in [1.54, 1.807) is 0 Å². The average molecular weight is 291 g/mol. The molecule has 2 fully saturated rings.